The molecule has 3 aromatic carbocycles. The molecule has 3 aromatic rings. The standard InChI is InChI=1S/C26H36N2O8.C12H18O4/c1-32-26-7-3-2-6-24(26)20-34-16-4-17-35-25-10-8-22(9-11-25)23(12-14-27-21-29)13-19-33-15-5-18-36-28(30)31;1-14-4-3-5-16-12-7-10(9-13)6-11(8-12)15-2/h2-3,6-11,21,23H,4-5,12-20H2,1H3,(H,27,29);6-8,13H,3-5,9H2,1-2H3. The number of hydrogen-bond donors (Lipinski definition) is 2. The maximum Gasteiger partial charge on any atom is 0.294 e. The van der Waals surface area contributed by atoms with Gasteiger partial charge >= 0.3 is 0 Å². The van der Waals surface area contributed by atoms with Crippen molar-refractivity contribution in [3.8, 4) is 23.0 Å². The number of benzene rings is 3. The number of amides is 1. The number of methoxy groups -OCH3 is 3. The van der Waals surface area contributed by atoms with E-state index in [0.717, 1.165) is 53.9 Å². The summed E-state index contributed by atoms with van der Waals surface area (Å²) in [4.78, 5) is 25.0. The second-order valence-electron chi connectivity index (χ2n) is 11.4. The number of carbonyl (C=O) groups excluding carboxylic acids is 1. The third-order valence-corrected chi connectivity index (χ3v) is 7.58. The molecule has 0 saturated carbocycles. The molecule has 0 fully saturated rings. The van der Waals surface area contributed by atoms with Crippen LogP contribution in [0.2, 0.25) is 0 Å². The molecule has 0 bridgehead atoms. The van der Waals surface area contributed by atoms with Gasteiger partial charge in [0.15, 0.2) is 0 Å². The molecule has 0 radical (unpaired) electrons. The molecule has 14 heteroatoms. The molecule has 0 heterocycles. The van der Waals surface area contributed by atoms with Crippen molar-refractivity contribution in [3.05, 3.63) is 93.5 Å². The van der Waals surface area contributed by atoms with Crippen molar-refractivity contribution >= 4 is 6.41 Å². The Morgan fingerprint density at radius 1 is 0.769 bits per heavy atom. The van der Waals surface area contributed by atoms with E-state index in [9.17, 15) is 14.9 Å². The molecule has 2 N–H and O–H groups in total. The Labute approximate surface area is 306 Å². The van der Waals surface area contributed by atoms with Gasteiger partial charge in [0, 0.05) is 57.9 Å². The smallest absolute Gasteiger partial charge is 0.294 e. The van der Waals surface area contributed by atoms with E-state index in [1.54, 1.807) is 39.5 Å². The lowest BCUT2D eigenvalue weighted by atomic mass is 9.92. The maximum absolute atomic E-state index is 10.6. The van der Waals surface area contributed by atoms with E-state index in [-0.39, 0.29) is 19.1 Å². The van der Waals surface area contributed by atoms with E-state index in [2.05, 4.69) is 10.2 Å². The van der Waals surface area contributed by atoms with Crippen LogP contribution in [0.5, 0.6) is 23.0 Å². The van der Waals surface area contributed by atoms with Crippen molar-refractivity contribution in [3.63, 3.8) is 0 Å². The lowest BCUT2D eigenvalue weighted by Crippen LogP contribution is -2.16. The number of hydrogen-bond acceptors (Lipinski definition) is 12. The molecule has 0 spiro atoms. The molecule has 1 unspecified atom stereocenters. The van der Waals surface area contributed by atoms with Gasteiger partial charge in [0.05, 0.1) is 53.9 Å². The summed E-state index contributed by atoms with van der Waals surface area (Å²) in [6.07, 6.45) is 4.29. The minimum absolute atomic E-state index is 0.0222. The lowest BCUT2D eigenvalue weighted by molar-refractivity contribution is -0.757. The molecule has 0 aromatic heterocycles. The third-order valence-electron chi connectivity index (χ3n) is 7.58. The van der Waals surface area contributed by atoms with E-state index in [4.69, 9.17) is 38.3 Å². The Kier molecular flexibility index (Phi) is 23.5. The number of rotatable bonds is 28. The fourth-order valence-electron chi connectivity index (χ4n) is 4.93. The van der Waals surface area contributed by atoms with Gasteiger partial charge in [-0.15, -0.1) is 10.1 Å². The van der Waals surface area contributed by atoms with Crippen LogP contribution in [-0.4, -0.2) is 90.7 Å². The van der Waals surface area contributed by atoms with Crippen LogP contribution in [0.1, 0.15) is 54.7 Å². The van der Waals surface area contributed by atoms with Crippen LogP contribution in [0, 0.1) is 10.1 Å². The predicted octanol–water partition coefficient (Wildman–Crippen LogP) is 5.51. The SMILES string of the molecule is COCCCOc1cc(CO)cc(OC)c1.COc1ccccc1COCCCOc1ccc(C(CCNC=O)CCOCCCO[N+](=O)[O-])cc1. The average Bonchev–Trinajstić information content (AvgIpc) is 3.17. The molecular formula is C38H54N2O12. The van der Waals surface area contributed by atoms with E-state index >= 15 is 0 Å². The van der Waals surface area contributed by atoms with E-state index < -0.39 is 5.09 Å². The highest BCUT2D eigenvalue weighted by Crippen LogP contribution is 2.26. The zero-order valence-electron chi connectivity index (χ0n) is 30.5. The first kappa shape index (κ1) is 43.5. The van der Waals surface area contributed by atoms with Gasteiger partial charge in [-0.2, -0.15) is 0 Å². The fraction of sp³-hybridized carbons (Fsp3) is 0.500. The van der Waals surface area contributed by atoms with Crippen molar-refractivity contribution in [2.24, 2.45) is 0 Å². The van der Waals surface area contributed by atoms with Gasteiger partial charge in [-0.25, -0.2) is 0 Å². The van der Waals surface area contributed by atoms with Gasteiger partial charge in [0.1, 0.15) is 23.0 Å². The minimum atomic E-state index is -0.805. The summed E-state index contributed by atoms with van der Waals surface area (Å²) in [5.74, 6) is 3.20. The molecule has 0 aliphatic carbocycles. The molecule has 0 saturated heterocycles. The number of para-hydroxylation sites is 1. The van der Waals surface area contributed by atoms with Gasteiger partial charge in [0.25, 0.3) is 5.09 Å². The number of aliphatic hydroxyl groups excluding tert-OH is 1. The number of carbonyl (C=O) groups is 1. The van der Waals surface area contributed by atoms with Crippen molar-refractivity contribution in [2.45, 2.75) is 51.2 Å². The zero-order chi connectivity index (χ0) is 37.7. The average molecular weight is 731 g/mol. The topological polar surface area (TPSA) is 166 Å². The van der Waals surface area contributed by atoms with Crippen LogP contribution in [0.25, 0.3) is 0 Å². The van der Waals surface area contributed by atoms with E-state index in [1.165, 1.54) is 0 Å². The first-order valence-electron chi connectivity index (χ1n) is 17.3. The van der Waals surface area contributed by atoms with Gasteiger partial charge < -0.3 is 48.4 Å². The highest BCUT2D eigenvalue weighted by atomic mass is 16.9. The fourth-order valence-corrected chi connectivity index (χ4v) is 4.93. The van der Waals surface area contributed by atoms with Crippen molar-refractivity contribution in [1.82, 2.24) is 5.32 Å². The largest absolute Gasteiger partial charge is 0.497 e. The van der Waals surface area contributed by atoms with Crippen molar-refractivity contribution < 1.29 is 53.0 Å². The van der Waals surface area contributed by atoms with Gasteiger partial charge in [0.2, 0.25) is 6.41 Å². The summed E-state index contributed by atoms with van der Waals surface area (Å²) in [6.45, 7) is 4.36. The normalized spacial score (nSPS) is 11.1. The summed E-state index contributed by atoms with van der Waals surface area (Å²) in [6, 6.07) is 21.1. The molecule has 52 heavy (non-hydrogen) atoms. The van der Waals surface area contributed by atoms with Crippen LogP contribution in [0.3, 0.4) is 0 Å². The minimum Gasteiger partial charge on any atom is -0.497 e. The summed E-state index contributed by atoms with van der Waals surface area (Å²) >= 11 is 0. The molecule has 1 amide bonds. The Bertz CT molecular complexity index is 1350. The molecular weight excluding hydrogens is 676 g/mol. The summed E-state index contributed by atoms with van der Waals surface area (Å²) in [5.41, 5.74) is 2.93. The van der Waals surface area contributed by atoms with Crippen LogP contribution in [-0.2, 0) is 37.1 Å². The molecule has 288 valence electrons. The Hall–Kier alpha value is -4.63. The number of ether oxygens (including phenoxy) is 7. The summed E-state index contributed by atoms with van der Waals surface area (Å²) in [5, 5.41) is 21.1. The van der Waals surface area contributed by atoms with Gasteiger partial charge in [-0.1, -0.05) is 30.3 Å². The van der Waals surface area contributed by atoms with E-state index in [1.807, 2.05) is 48.5 Å². The van der Waals surface area contributed by atoms with E-state index in [0.29, 0.717) is 77.1 Å². The highest BCUT2D eigenvalue weighted by Gasteiger charge is 2.12. The Morgan fingerprint density at radius 3 is 2.15 bits per heavy atom. The quantitative estimate of drug-likeness (QED) is 0.0417. The Balaban J connectivity index is 0.000000487. The van der Waals surface area contributed by atoms with Crippen LogP contribution < -0.4 is 24.3 Å². The lowest BCUT2D eigenvalue weighted by Gasteiger charge is -2.18. The first-order valence-corrected chi connectivity index (χ1v) is 17.3. The molecule has 14 nitrogen and oxygen atoms in total. The summed E-state index contributed by atoms with van der Waals surface area (Å²) in [7, 11) is 4.90. The second kappa shape index (κ2) is 28.0. The third kappa shape index (κ3) is 19.1. The van der Waals surface area contributed by atoms with Gasteiger partial charge in [-0.3, -0.25) is 4.79 Å². The van der Waals surface area contributed by atoms with Crippen molar-refractivity contribution in [2.75, 3.05) is 74.1 Å². The predicted molar refractivity (Wildman–Crippen MR) is 195 cm³/mol. The number of nitrogens with one attached hydrogen (secondary N) is 1. The first-order chi connectivity index (χ1) is 25.4. The molecule has 1 atom stereocenters. The van der Waals surface area contributed by atoms with Crippen LogP contribution >= 0.6 is 0 Å². The zero-order valence-corrected chi connectivity index (χ0v) is 30.5. The number of aliphatic hydroxyl groups is 1. The summed E-state index contributed by atoms with van der Waals surface area (Å²) < 4.78 is 38.1. The van der Waals surface area contributed by atoms with Crippen molar-refractivity contribution in [1.29, 1.82) is 0 Å². The Morgan fingerprint density at radius 2 is 1.46 bits per heavy atom. The molecule has 0 aliphatic rings. The monoisotopic (exact) mass is 730 g/mol. The van der Waals surface area contributed by atoms with Gasteiger partial charge in [-0.05, 0) is 66.6 Å². The molecule has 0 aliphatic heterocycles. The molecule has 3 rings (SSSR count). The second-order valence-corrected chi connectivity index (χ2v) is 11.4. The van der Waals surface area contributed by atoms with Crippen LogP contribution in [0.4, 0.5) is 0 Å². The maximum atomic E-state index is 10.6. The van der Waals surface area contributed by atoms with Crippen LogP contribution in [0.15, 0.2) is 66.7 Å². The number of nitrogens with zero attached hydrogens (tertiary/aromatic N) is 1. The highest BCUT2D eigenvalue weighted by molar-refractivity contribution is 5.45.